The molecular formula is C10H13N3. The van der Waals surface area contributed by atoms with Crippen molar-refractivity contribution in [2.24, 2.45) is 0 Å². The lowest BCUT2D eigenvalue weighted by molar-refractivity contribution is 1.20. The minimum absolute atomic E-state index is 0.366. The van der Waals surface area contributed by atoms with Crippen molar-refractivity contribution >= 4 is 11.4 Å². The van der Waals surface area contributed by atoms with Gasteiger partial charge < -0.3 is 11.1 Å². The van der Waals surface area contributed by atoms with Crippen LogP contribution in [0.15, 0.2) is 18.2 Å². The molecule has 0 amide bonds. The topological polar surface area (TPSA) is 61.8 Å². The summed E-state index contributed by atoms with van der Waals surface area (Å²) in [6.45, 7) is 2.90. The van der Waals surface area contributed by atoms with Crippen LogP contribution in [-0.4, -0.2) is 6.54 Å². The van der Waals surface area contributed by atoms with Gasteiger partial charge in [-0.15, -0.1) is 0 Å². The van der Waals surface area contributed by atoms with E-state index in [1.807, 2.05) is 25.1 Å². The molecule has 0 heterocycles. The van der Waals surface area contributed by atoms with Crippen molar-refractivity contribution < 1.29 is 0 Å². The highest BCUT2D eigenvalue weighted by Crippen LogP contribution is 2.17. The lowest BCUT2D eigenvalue weighted by Crippen LogP contribution is -1.99. The predicted molar refractivity (Wildman–Crippen MR) is 54.3 cm³/mol. The number of nitrogens with two attached hydrogens (primary N) is 1. The largest absolute Gasteiger partial charge is 0.398 e. The normalized spacial score (nSPS) is 9.23. The lowest BCUT2D eigenvalue weighted by Gasteiger charge is -2.06. The number of hydrogen-bond acceptors (Lipinski definition) is 3. The molecule has 0 aromatic heterocycles. The zero-order chi connectivity index (χ0) is 9.68. The van der Waals surface area contributed by atoms with Crippen molar-refractivity contribution in [3.05, 3.63) is 23.8 Å². The fourth-order valence-electron chi connectivity index (χ4n) is 1.16. The Morgan fingerprint density at radius 3 is 2.92 bits per heavy atom. The SMILES string of the molecule is CCNc1ccc(N)c(CC#N)c1. The summed E-state index contributed by atoms with van der Waals surface area (Å²) >= 11 is 0. The standard InChI is InChI=1S/C10H13N3/c1-2-13-9-3-4-10(12)8(7-9)5-6-11/h3-4,7,13H,2,5,12H2,1H3. The molecule has 0 bridgehead atoms. The summed E-state index contributed by atoms with van der Waals surface area (Å²) in [4.78, 5) is 0. The molecule has 3 heteroatoms. The Labute approximate surface area is 78.2 Å². The molecule has 1 aromatic carbocycles. The molecule has 0 spiro atoms. The molecule has 1 aromatic rings. The Hall–Kier alpha value is -1.69. The highest BCUT2D eigenvalue weighted by Gasteiger charge is 1.99. The van der Waals surface area contributed by atoms with Crippen LogP contribution >= 0.6 is 0 Å². The summed E-state index contributed by atoms with van der Waals surface area (Å²) in [6, 6.07) is 7.75. The summed E-state index contributed by atoms with van der Waals surface area (Å²) < 4.78 is 0. The van der Waals surface area contributed by atoms with Crippen LogP contribution in [0.4, 0.5) is 11.4 Å². The molecule has 0 aliphatic carbocycles. The van der Waals surface area contributed by atoms with Gasteiger partial charge in [-0.3, -0.25) is 0 Å². The first-order valence-corrected chi connectivity index (χ1v) is 4.27. The number of anilines is 2. The maximum absolute atomic E-state index is 8.54. The van der Waals surface area contributed by atoms with Crippen LogP contribution < -0.4 is 11.1 Å². The maximum atomic E-state index is 8.54. The fourth-order valence-corrected chi connectivity index (χ4v) is 1.16. The molecule has 0 saturated carbocycles. The van der Waals surface area contributed by atoms with Gasteiger partial charge in [-0.05, 0) is 30.7 Å². The Kier molecular flexibility index (Phi) is 3.15. The quantitative estimate of drug-likeness (QED) is 0.688. The number of benzene rings is 1. The van der Waals surface area contributed by atoms with Crippen molar-refractivity contribution in [3.8, 4) is 6.07 Å². The summed E-state index contributed by atoms with van der Waals surface area (Å²) in [5.41, 5.74) is 8.28. The predicted octanol–water partition coefficient (Wildman–Crippen LogP) is 1.77. The summed E-state index contributed by atoms with van der Waals surface area (Å²) in [7, 11) is 0. The highest BCUT2D eigenvalue weighted by atomic mass is 14.8. The Morgan fingerprint density at radius 2 is 2.31 bits per heavy atom. The van der Waals surface area contributed by atoms with E-state index >= 15 is 0 Å². The fraction of sp³-hybridized carbons (Fsp3) is 0.300. The first kappa shape index (κ1) is 9.40. The van der Waals surface area contributed by atoms with Crippen LogP contribution in [0.2, 0.25) is 0 Å². The lowest BCUT2D eigenvalue weighted by atomic mass is 10.1. The number of nitriles is 1. The van der Waals surface area contributed by atoms with Crippen molar-refractivity contribution in [2.75, 3.05) is 17.6 Å². The van der Waals surface area contributed by atoms with Crippen molar-refractivity contribution in [2.45, 2.75) is 13.3 Å². The van der Waals surface area contributed by atoms with E-state index in [2.05, 4.69) is 11.4 Å². The van der Waals surface area contributed by atoms with E-state index in [4.69, 9.17) is 11.0 Å². The average Bonchev–Trinajstić information content (AvgIpc) is 2.12. The van der Waals surface area contributed by atoms with E-state index in [1.54, 1.807) is 0 Å². The van der Waals surface area contributed by atoms with Gasteiger partial charge in [0.1, 0.15) is 0 Å². The van der Waals surface area contributed by atoms with E-state index in [9.17, 15) is 0 Å². The van der Waals surface area contributed by atoms with Gasteiger partial charge in [-0.25, -0.2) is 0 Å². The van der Waals surface area contributed by atoms with Crippen LogP contribution in [0.1, 0.15) is 12.5 Å². The third-order valence-corrected chi connectivity index (χ3v) is 1.79. The van der Waals surface area contributed by atoms with Crippen LogP contribution in [0.5, 0.6) is 0 Å². The molecule has 0 unspecified atom stereocenters. The Balaban J connectivity index is 2.91. The monoisotopic (exact) mass is 175 g/mol. The van der Waals surface area contributed by atoms with Crippen molar-refractivity contribution in [3.63, 3.8) is 0 Å². The van der Waals surface area contributed by atoms with E-state index in [1.165, 1.54) is 0 Å². The second kappa shape index (κ2) is 4.36. The van der Waals surface area contributed by atoms with Crippen molar-refractivity contribution in [1.82, 2.24) is 0 Å². The molecule has 0 aliphatic heterocycles. The molecule has 1 rings (SSSR count). The first-order valence-electron chi connectivity index (χ1n) is 4.27. The molecule has 3 nitrogen and oxygen atoms in total. The Bertz CT molecular complexity index is 325. The second-order valence-electron chi connectivity index (χ2n) is 2.78. The number of rotatable bonds is 3. The van der Waals surface area contributed by atoms with Gasteiger partial charge in [0, 0.05) is 17.9 Å². The minimum Gasteiger partial charge on any atom is -0.398 e. The van der Waals surface area contributed by atoms with E-state index in [0.717, 1.165) is 17.8 Å². The molecular weight excluding hydrogens is 162 g/mol. The maximum Gasteiger partial charge on any atom is 0.0670 e. The van der Waals surface area contributed by atoms with Gasteiger partial charge >= 0.3 is 0 Å². The molecule has 0 radical (unpaired) electrons. The number of nitrogens with one attached hydrogen (secondary N) is 1. The smallest absolute Gasteiger partial charge is 0.0670 e. The zero-order valence-corrected chi connectivity index (χ0v) is 7.67. The second-order valence-corrected chi connectivity index (χ2v) is 2.78. The highest BCUT2D eigenvalue weighted by molar-refractivity contribution is 5.57. The van der Waals surface area contributed by atoms with Gasteiger partial charge in [0.15, 0.2) is 0 Å². The molecule has 0 saturated heterocycles. The molecule has 0 atom stereocenters. The first-order chi connectivity index (χ1) is 6.27. The van der Waals surface area contributed by atoms with Crippen LogP contribution in [0.25, 0.3) is 0 Å². The van der Waals surface area contributed by atoms with Crippen LogP contribution in [0.3, 0.4) is 0 Å². The van der Waals surface area contributed by atoms with Crippen LogP contribution in [0, 0.1) is 11.3 Å². The number of nitrogens with zero attached hydrogens (tertiary/aromatic N) is 1. The molecule has 68 valence electrons. The Morgan fingerprint density at radius 1 is 1.54 bits per heavy atom. The minimum atomic E-state index is 0.366. The van der Waals surface area contributed by atoms with Gasteiger partial charge in [0.2, 0.25) is 0 Å². The molecule has 0 aliphatic rings. The number of hydrogen-bond donors (Lipinski definition) is 2. The van der Waals surface area contributed by atoms with Gasteiger partial charge in [-0.1, -0.05) is 0 Å². The number of nitrogen functional groups attached to an aromatic ring is 1. The summed E-state index contributed by atoms with van der Waals surface area (Å²) in [5.74, 6) is 0. The van der Waals surface area contributed by atoms with Crippen LogP contribution in [-0.2, 0) is 6.42 Å². The third-order valence-electron chi connectivity index (χ3n) is 1.79. The van der Waals surface area contributed by atoms with Crippen molar-refractivity contribution in [1.29, 1.82) is 5.26 Å². The van der Waals surface area contributed by atoms with E-state index in [0.29, 0.717) is 12.1 Å². The third kappa shape index (κ3) is 2.38. The summed E-state index contributed by atoms with van der Waals surface area (Å²) in [6.07, 6.45) is 0.366. The molecule has 0 fully saturated rings. The van der Waals surface area contributed by atoms with E-state index in [-0.39, 0.29) is 0 Å². The van der Waals surface area contributed by atoms with Gasteiger partial charge in [0.05, 0.1) is 12.5 Å². The van der Waals surface area contributed by atoms with Gasteiger partial charge in [-0.2, -0.15) is 5.26 Å². The molecule has 3 N–H and O–H groups in total. The van der Waals surface area contributed by atoms with Gasteiger partial charge in [0.25, 0.3) is 0 Å². The molecule has 13 heavy (non-hydrogen) atoms. The average molecular weight is 175 g/mol. The van der Waals surface area contributed by atoms with E-state index < -0.39 is 0 Å². The summed E-state index contributed by atoms with van der Waals surface area (Å²) in [5, 5.41) is 11.7. The zero-order valence-electron chi connectivity index (χ0n) is 7.67.